The Bertz CT molecular complexity index is 898. The van der Waals surface area contributed by atoms with E-state index in [1.165, 1.54) is 4.90 Å². The molecule has 2 aromatic carbocycles. The van der Waals surface area contributed by atoms with Gasteiger partial charge in [-0.3, -0.25) is 9.59 Å². The highest BCUT2D eigenvalue weighted by Crippen LogP contribution is 2.21. The zero-order valence-corrected chi connectivity index (χ0v) is 19.5. The first kappa shape index (κ1) is 25.9. The summed E-state index contributed by atoms with van der Waals surface area (Å²) in [4.78, 5) is 39.1. The number of hydrogen-bond donors (Lipinski definition) is 3. The molecule has 2 aromatic rings. The Kier molecular flexibility index (Phi) is 9.87. The highest BCUT2D eigenvalue weighted by atomic mass is 16.6. The van der Waals surface area contributed by atoms with Crippen molar-refractivity contribution in [2.45, 2.75) is 45.8 Å². The van der Waals surface area contributed by atoms with Gasteiger partial charge < -0.3 is 26.0 Å². The van der Waals surface area contributed by atoms with Crippen LogP contribution in [0.15, 0.2) is 60.7 Å². The molecular weight excluding hydrogens is 420 g/mol. The fourth-order valence-corrected chi connectivity index (χ4v) is 2.99. The molecule has 0 atom stereocenters. The van der Waals surface area contributed by atoms with Gasteiger partial charge in [-0.05, 0) is 26.3 Å². The molecule has 0 heterocycles. The van der Waals surface area contributed by atoms with E-state index >= 15 is 0 Å². The van der Waals surface area contributed by atoms with Gasteiger partial charge in [0.05, 0.1) is 0 Å². The number of hydrogen-bond acceptors (Lipinski definition) is 5. The van der Waals surface area contributed by atoms with E-state index in [1.54, 1.807) is 20.8 Å². The summed E-state index contributed by atoms with van der Waals surface area (Å²) < 4.78 is 5.18. The minimum atomic E-state index is -0.623. The van der Waals surface area contributed by atoms with Gasteiger partial charge >= 0.3 is 6.09 Å². The van der Waals surface area contributed by atoms with Crippen molar-refractivity contribution in [3.63, 3.8) is 0 Å². The van der Waals surface area contributed by atoms with Gasteiger partial charge in [0.15, 0.2) is 6.17 Å². The van der Waals surface area contributed by atoms with Crippen molar-refractivity contribution >= 4 is 17.9 Å². The number of nitrogens with zero attached hydrogens (tertiary/aromatic N) is 1. The van der Waals surface area contributed by atoms with Crippen LogP contribution < -0.4 is 16.4 Å². The maximum absolute atomic E-state index is 13.0. The Hall–Kier alpha value is -3.39. The molecule has 0 saturated heterocycles. The number of carbonyl (C=O) groups excluding carboxylic acids is 3. The van der Waals surface area contributed by atoms with Crippen molar-refractivity contribution in [2.24, 2.45) is 5.73 Å². The van der Waals surface area contributed by atoms with Crippen LogP contribution in [0.25, 0.3) is 0 Å². The largest absolute Gasteiger partial charge is 0.444 e. The van der Waals surface area contributed by atoms with E-state index in [0.29, 0.717) is 11.7 Å². The second-order valence-corrected chi connectivity index (χ2v) is 8.45. The Balaban J connectivity index is 2.15. The van der Waals surface area contributed by atoms with E-state index in [4.69, 9.17) is 10.5 Å². The lowest BCUT2D eigenvalue weighted by atomic mass is 10.1. The van der Waals surface area contributed by atoms with Gasteiger partial charge in [0.2, 0.25) is 11.8 Å². The predicted molar refractivity (Wildman–Crippen MR) is 126 cm³/mol. The maximum Gasteiger partial charge on any atom is 0.407 e. The van der Waals surface area contributed by atoms with Gasteiger partial charge in [-0.15, -0.1) is 0 Å². The molecule has 33 heavy (non-hydrogen) atoms. The van der Waals surface area contributed by atoms with Crippen LogP contribution in [-0.2, 0) is 20.9 Å². The van der Waals surface area contributed by atoms with E-state index < -0.39 is 11.7 Å². The van der Waals surface area contributed by atoms with E-state index in [2.05, 4.69) is 10.6 Å². The fourth-order valence-electron chi connectivity index (χ4n) is 2.99. The van der Waals surface area contributed by atoms with Crippen molar-refractivity contribution in [3.8, 4) is 0 Å². The minimum absolute atomic E-state index is 0.0137. The van der Waals surface area contributed by atoms with Crippen LogP contribution in [-0.4, -0.2) is 41.5 Å². The summed E-state index contributed by atoms with van der Waals surface area (Å²) >= 11 is 0. The molecule has 0 saturated carbocycles. The molecule has 0 aliphatic carbocycles. The van der Waals surface area contributed by atoms with E-state index in [-0.39, 0.29) is 44.3 Å². The van der Waals surface area contributed by atoms with Gasteiger partial charge in [0.1, 0.15) is 5.60 Å². The second kappa shape index (κ2) is 12.6. The van der Waals surface area contributed by atoms with Crippen molar-refractivity contribution in [3.05, 3.63) is 78.0 Å². The Morgan fingerprint density at radius 2 is 1.55 bits per heavy atom. The average Bonchev–Trinajstić information content (AvgIpc) is 2.76. The third-order valence-electron chi connectivity index (χ3n) is 4.44. The molecule has 8 nitrogen and oxygen atoms in total. The van der Waals surface area contributed by atoms with Gasteiger partial charge in [-0.1, -0.05) is 60.7 Å². The number of rotatable bonds is 10. The van der Waals surface area contributed by atoms with E-state index in [9.17, 15) is 14.4 Å². The standard InChI is InChI=1S/C25H33N4O4/c1-25(2,3)33-24(32)27-17-15-21(30)28-23(20-12-8-5-9-13-20)29(22(31)14-16-26)18-19-10-6-4-7-11-19/h4-13H,14-18,26H2,1-3H3,(H,27,32)(H,28,30). The Labute approximate surface area is 195 Å². The molecule has 0 aromatic heterocycles. The van der Waals surface area contributed by atoms with Crippen LogP contribution in [0, 0.1) is 6.17 Å². The molecule has 4 N–H and O–H groups in total. The van der Waals surface area contributed by atoms with Crippen molar-refractivity contribution < 1.29 is 19.1 Å². The SMILES string of the molecule is CC(C)(C)OC(=O)NCCC(=O)N[C](c1ccccc1)N(Cc1ccccc1)C(=O)CCN. The number of benzene rings is 2. The third-order valence-corrected chi connectivity index (χ3v) is 4.44. The van der Waals surface area contributed by atoms with Gasteiger partial charge in [-0.2, -0.15) is 0 Å². The predicted octanol–water partition coefficient (Wildman–Crippen LogP) is 2.93. The number of ether oxygens (including phenoxy) is 1. The fraction of sp³-hybridized carbons (Fsp3) is 0.360. The molecule has 0 aliphatic rings. The first-order chi connectivity index (χ1) is 15.7. The molecular formula is C25H33N4O4. The first-order valence-corrected chi connectivity index (χ1v) is 10.9. The van der Waals surface area contributed by atoms with Crippen LogP contribution in [0.1, 0.15) is 44.7 Å². The van der Waals surface area contributed by atoms with Gasteiger partial charge in [-0.25, -0.2) is 4.79 Å². The molecule has 0 spiro atoms. The molecule has 1 radical (unpaired) electrons. The topological polar surface area (TPSA) is 114 Å². The number of amides is 3. The molecule has 3 amide bonds. The third kappa shape index (κ3) is 9.33. The lowest BCUT2D eigenvalue weighted by molar-refractivity contribution is -0.132. The summed E-state index contributed by atoms with van der Waals surface area (Å²) in [5.41, 5.74) is 6.62. The van der Waals surface area contributed by atoms with Crippen LogP contribution in [0.3, 0.4) is 0 Å². The van der Waals surface area contributed by atoms with Crippen LogP contribution in [0.4, 0.5) is 4.79 Å². The molecule has 0 aliphatic heterocycles. The smallest absolute Gasteiger partial charge is 0.407 e. The van der Waals surface area contributed by atoms with Gasteiger partial charge in [0.25, 0.3) is 0 Å². The highest BCUT2D eigenvalue weighted by Gasteiger charge is 2.28. The number of alkyl carbamates (subject to hydrolysis) is 1. The summed E-state index contributed by atoms with van der Waals surface area (Å²) in [5.74, 6) is -0.545. The number of carbonyl (C=O) groups is 3. The average molecular weight is 454 g/mol. The molecule has 2 rings (SSSR count). The van der Waals surface area contributed by atoms with Crippen molar-refractivity contribution in [1.82, 2.24) is 15.5 Å². The molecule has 0 unspecified atom stereocenters. The Morgan fingerprint density at radius 1 is 0.939 bits per heavy atom. The number of nitrogens with two attached hydrogens (primary N) is 1. The zero-order valence-electron chi connectivity index (χ0n) is 19.5. The summed E-state index contributed by atoms with van der Waals surface area (Å²) in [6.45, 7) is 5.86. The summed E-state index contributed by atoms with van der Waals surface area (Å²) in [7, 11) is 0. The normalized spacial score (nSPS) is 11.1. The molecule has 8 heteroatoms. The first-order valence-electron chi connectivity index (χ1n) is 10.9. The highest BCUT2D eigenvalue weighted by molar-refractivity contribution is 5.83. The lowest BCUT2D eigenvalue weighted by Gasteiger charge is -2.31. The minimum Gasteiger partial charge on any atom is -0.444 e. The van der Waals surface area contributed by atoms with E-state index in [0.717, 1.165) is 5.56 Å². The zero-order chi connectivity index (χ0) is 24.3. The second-order valence-electron chi connectivity index (χ2n) is 8.45. The van der Waals surface area contributed by atoms with Crippen LogP contribution in [0.5, 0.6) is 0 Å². The quantitative estimate of drug-likeness (QED) is 0.512. The molecule has 177 valence electrons. The Morgan fingerprint density at radius 3 is 2.12 bits per heavy atom. The summed E-state index contributed by atoms with van der Waals surface area (Å²) in [6.07, 6.45) is -0.0643. The van der Waals surface area contributed by atoms with Crippen LogP contribution in [0.2, 0.25) is 0 Å². The number of nitrogens with one attached hydrogen (secondary N) is 2. The molecule has 0 bridgehead atoms. The van der Waals surface area contributed by atoms with Crippen LogP contribution >= 0.6 is 0 Å². The summed E-state index contributed by atoms with van der Waals surface area (Å²) in [5, 5.41) is 5.43. The lowest BCUT2D eigenvalue weighted by Crippen LogP contribution is -2.46. The monoisotopic (exact) mass is 453 g/mol. The summed E-state index contributed by atoms with van der Waals surface area (Å²) in [6, 6.07) is 18.7. The van der Waals surface area contributed by atoms with E-state index in [1.807, 2.05) is 60.7 Å². The van der Waals surface area contributed by atoms with Crippen molar-refractivity contribution in [1.29, 1.82) is 0 Å². The maximum atomic E-state index is 13.0. The van der Waals surface area contributed by atoms with Gasteiger partial charge in [0, 0.05) is 38.0 Å². The molecule has 0 fully saturated rings. The van der Waals surface area contributed by atoms with Crippen molar-refractivity contribution in [2.75, 3.05) is 13.1 Å².